The molecule has 0 radical (unpaired) electrons. The van der Waals surface area contributed by atoms with E-state index in [4.69, 9.17) is 0 Å². The lowest BCUT2D eigenvalue weighted by Gasteiger charge is -2.10. The number of benzene rings is 3. The van der Waals surface area contributed by atoms with Crippen LogP contribution in [0.5, 0.6) is 0 Å². The molecule has 0 aliphatic carbocycles. The molecule has 5 aromatic rings. The first kappa shape index (κ1) is 18.9. The van der Waals surface area contributed by atoms with Crippen LogP contribution in [-0.2, 0) is 6.42 Å². The van der Waals surface area contributed by atoms with E-state index in [-0.39, 0.29) is 11.1 Å². The number of fused-ring (bicyclic) bond motifs is 2. The van der Waals surface area contributed by atoms with Crippen LogP contribution in [0.25, 0.3) is 33.1 Å². The van der Waals surface area contributed by atoms with Crippen molar-refractivity contribution < 1.29 is 0 Å². The van der Waals surface area contributed by atoms with Gasteiger partial charge in [0.15, 0.2) is 0 Å². The molecule has 31 heavy (non-hydrogen) atoms. The lowest BCUT2D eigenvalue weighted by atomic mass is 9.98. The van der Waals surface area contributed by atoms with Crippen molar-refractivity contribution in [2.45, 2.75) is 20.3 Å². The maximum Gasteiger partial charge on any atom is 0.272 e. The second kappa shape index (κ2) is 7.32. The lowest BCUT2D eigenvalue weighted by Crippen LogP contribution is -2.12. The predicted octanol–water partition coefficient (Wildman–Crippen LogP) is 4.03. The molecular weight excluding hydrogens is 388 g/mol. The molecule has 0 aliphatic rings. The van der Waals surface area contributed by atoms with Crippen molar-refractivity contribution in [2.75, 3.05) is 0 Å². The van der Waals surface area contributed by atoms with Gasteiger partial charge in [-0.1, -0.05) is 42.5 Å². The Kier molecular flexibility index (Phi) is 4.47. The highest BCUT2D eigenvalue weighted by Gasteiger charge is 2.11. The van der Waals surface area contributed by atoms with Crippen LogP contribution in [0.4, 0.5) is 0 Å². The first-order chi connectivity index (χ1) is 15.0. The van der Waals surface area contributed by atoms with Gasteiger partial charge in [0.25, 0.3) is 11.1 Å². The molecule has 2 heterocycles. The molecule has 152 valence electrons. The van der Waals surface area contributed by atoms with Crippen LogP contribution in [0, 0.1) is 13.8 Å². The zero-order chi connectivity index (χ0) is 21.5. The minimum atomic E-state index is -0.187. The number of H-pyrrole nitrogens is 2. The molecule has 0 atom stereocenters. The van der Waals surface area contributed by atoms with Crippen molar-refractivity contribution in [1.29, 1.82) is 0 Å². The quantitative estimate of drug-likeness (QED) is 0.471. The average molecular weight is 408 g/mol. The van der Waals surface area contributed by atoms with Gasteiger partial charge in [-0.3, -0.25) is 9.59 Å². The maximum absolute atomic E-state index is 12.6. The molecule has 0 bridgehead atoms. The number of nitrogens with one attached hydrogen (secondary N) is 2. The van der Waals surface area contributed by atoms with Crippen molar-refractivity contribution in [3.05, 3.63) is 104 Å². The number of hydrogen-bond acceptors (Lipinski definition) is 4. The van der Waals surface area contributed by atoms with E-state index in [1.165, 1.54) is 0 Å². The van der Waals surface area contributed by atoms with Crippen molar-refractivity contribution in [3.8, 4) is 11.4 Å². The van der Waals surface area contributed by atoms with Crippen molar-refractivity contribution in [1.82, 2.24) is 20.2 Å². The van der Waals surface area contributed by atoms with Gasteiger partial charge in [0, 0.05) is 17.4 Å². The van der Waals surface area contributed by atoms with Crippen LogP contribution in [-0.4, -0.2) is 20.2 Å². The Morgan fingerprint density at radius 3 is 2.45 bits per heavy atom. The van der Waals surface area contributed by atoms with Gasteiger partial charge < -0.3 is 4.98 Å². The fourth-order valence-electron chi connectivity index (χ4n) is 4.02. The van der Waals surface area contributed by atoms with Gasteiger partial charge in [-0.2, -0.15) is 5.10 Å². The van der Waals surface area contributed by atoms with Crippen LogP contribution in [0.2, 0.25) is 0 Å². The van der Waals surface area contributed by atoms with Gasteiger partial charge in [0.1, 0.15) is 5.82 Å². The molecule has 2 N–H and O–H groups in total. The van der Waals surface area contributed by atoms with E-state index in [2.05, 4.69) is 20.2 Å². The number of aromatic amines is 2. The van der Waals surface area contributed by atoms with Gasteiger partial charge in [-0.05, 0) is 48.7 Å². The van der Waals surface area contributed by atoms with E-state index < -0.39 is 0 Å². The number of hydrogen-bond donors (Lipinski definition) is 2. The third kappa shape index (κ3) is 3.32. The molecular formula is C25H20N4O2. The van der Waals surface area contributed by atoms with Crippen LogP contribution in [0.3, 0.4) is 0 Å². The summed E-state index contributed by atoms with van der Waals surface area (Å²) in [6.45, 7) is 3.93. The zero-order valence-electron chi connectivity index (χ0n) is 17.2. The smallest absolute Gasteiger partial charge is 0.272 e. The summed E-state index contributed by atoms with van der Waals surface area (Å²) in [7, 11) is 0. The maximum atomic E-state index is 12.6. The van der Waals surface area contributed by atoms with Gasteiger partial charge in [0.05, 0.1) is 22.0 Å². The monoisotopic (exact) mass is 408 g/mol. The van der Waals surface area contributed by atoms with E-state index in [1.54, 1.807) is 6.07 Å². The van der Waals surface area contributed by atoms with Crippen molar-refractivity contribution in [2.24, 2.45) is 0 Å². The van der Waals surface area contributed by atoms with Crippen LogP contribution in [0.1, 0.15) is 22.4 Å². The SMILES string of the molecule is Cc1cc(-c2nc3cccc(C)c3c(=O)[nH]2)ccc1Cc1n[nH]c(=O)c2ccccc12. The lowest BCUT2D eigenvalue weighted by molar-refractivity contribution is 0.931. The van der Waals surface area contributed by atoms with Crippen LogP contribution >= 0.6 is 0 Å². The first-order valence-corrected chi connectivity index (χ1v) is 10.1. The first-order valence-electron chi connectivity index (χ1n) is 10.1. The second-order valence-electron chi connectivity index (χ2n) is 7.75. The average Bonchev–Trinajstić information content (AvgIpc) is 2.77. The highest BCUT2D eigenvalue weighted by molar-refractivity contribution is 5.84. The number of nitrogens with zero attached hydrogens (tertiary/aromatic N) is 2. The molecule has 2 aromatic heterocycles. The summed E-state index contributed by atoms with van der Waals surface area (Å²) in [5, 5.41) is 8.98. The molecule has 6 nitrogen and oxygen atoms in total. The third-order valence-corrected chi connectivity index (χ3v) is 5.69. The minimum absolute atomic E-state index is 0.135. The summed E-state index contributed by atoms with van der Waals surface area (Å²) in [6, 6.07) is 19.1. The number of aromatic nitrogens is 4. The summed E-state index contributed by atoms with van der Waals surface area (Å²) in [4.78, 5) is 32.2. The topological polar surface area (TPSA) is 91.5 Å². The summed E-state index contributed by atoms with van der Waals surface area (Å²) < 4.78 is 0. The van der Waals surface area contributed by atoms with Gasteiger partial charge in [0.2, 0.25) is 0 Å². The van der Waals surface area contributed by atoms with E-state index in [0.717, 1.165) is 33.3 Å². The standard InChI is InChI=1S/C25H20N4O2/c1-14-6-5-9-20-22(14)25(31)27-23(26-20)17-11-10-16(15(2)12-17)13-21-18-7-3-4-8-19(18)24(30)29-28-21/h3-12H,13H2,1-2H3,(H,29,30)(H,26,27,31). The normalized spacial score (nSPS) is 11.3. The fourth-order valence-corrected chi connectivity index (χ4v) is 4.02. The van der Waals surface area contributed by atoms with Gasteiger partial charge in [-0.15, -0.1) is 0 Å². The van der Waals surface area contributed by atoms with Crippen molar-refractivity contribution >= 4 is 21.7 Å². The molecule has 0 saturated heterocycles. The largest absolute Gasteiger partial charge is 0.306 e. The molecule has 0 aliphatic heterocycles. The Bertz CT molecular complexity index is 1580. The summed E-state index contributed by atoms with van der Waals surface area (Å²) >= 11 is 0. The highest BCUT2D eigenvalue weighted by atomic mass is 16.1. The van der Waals surface area contributed by atoms with Crippen molar-refractivity contribution in [3.63, 3.8) is 0 Å². The molecule has 0 saturated carbocycles. The zero-order valence-corrected chi connectivity index (χ0v) is 17.2. The minimum Gasteiger partial charge on any atom is -0.306 e. The Labute approximate surface area is 177 Å². The fraction of sp³-hybridized carbons (Fsp3) is 0.120. The Morgan fingerprint density at radius 1 is 0.839 bits per heavy atom. The van der Waals surface area contributed by atoms with E-state index >= 15 is 0 Å². The van der Waals surface area contributed by atoms with Gasteiger partial charge >= 0.3 is 0 Å². The molecule has 6 heteroatoms. The number of aryl methyl sites for hydroxylation is 2. The number of rotatable bonds is 3. The molecule has 0 spiro atoms. The summed E-state index contributed by atoms with van der Waals surface area (Å²) in [5.41, 5.74) is 5.08. The Morgan fingerprint density at radius 2 is 1.65 bits per heavy atom. The van der Waals surface area contributed by atoms with E-state index in [1.807, 2.05) is 68.4 Å². The predicted molar refractivity (Wildman–Crippen MR) is 122 cm³/mol. The van der Waals surface area contributed by atoms with Gasteiger partial charge in [-0.25, -0.2) is 10.1 Å². The van der Waals surface area contributed by atoms with E-state index in [9.17, 15) is 9.59 Å². The third-order valence-electron chi connectivity index (χ3n) is 5.69. The molecule has 5 rings (SSSR count). The summed E-state index contributed by atoms with van der Waals surface area (Å²) in [6.07, 6.45) is 0.588. The highest BCUT2D eigenvalue weighted by Crippen LogP contribution is 2.23. The van der Waals surface area contributed by atoms with Crippen LogP contribution in [0.15, 0.2) is 70.3 Å². The van der Waals surface area contributed by atoms with E-state index in [0.29, 0.717) is 28.5 Å². The van der Waals surface area contributed by atoms with Crippen LogP contribution < -0.4 is 11.1 Å². The summed E-state index contributed by atoms with van der Waals surface area (Å²) in [5.74, 6) is 0.547. The Hall–Kier alpha value is -4.06. The molecule has 0 unspecified atom stereocenters. The molecule has 3 aromatic carbocycles. The molecule has 0 fully saturated rings. The second-order valence-corrected chi connectivity index (χ2v) is 7.75. The Balaban J connectivity index is 1.55. The molecule has 0 amide bonds.